The molecule has 4 heteroatoms. The molecule has 1 aromatic rings. The predicted molar refractivity (Wildman–Crippen MR) is 67.4 cm³/mol. The highest BCUT2D eigenvalue weighted by Crippen LogP contribution is 2.54. The number of thiophene rings is 1. The quantitative estimate of drug-likeness (QED) is 0.852. The van der Waals surface area contributed by atoms with Crippen molar-refractivity contribution in [3.63, 3.8) is 0 Å². The Labute approximate surface area is 105 Å². The van der Waals surface area contributed by atoms with Crippen LogP contribution in [0.4, 0.5) is 0 Å². The van der Waals surface area contributed by atoms with Gasteiger partial charge in [-0.05, 0) is 35.6 Å². The van der Waals surface area contributed by atoms with Gasteiger partial charge >= 0.3 is 5.97 Å². The summed E-state index contributed by atoms with van der Waals surface area (Å²) in [6, 6.07) is 1.58. The highest BCUT2D eigenvalue weighted by Gasteiger charge is 2.50. The minimum absolute atomic E-state index is 0.0634. The second-order valence-corrected chi connectivity index (χ2v) is 6.76. The van der Waals surface area contributed by atoms with Crippen molar-refractivity contribution in [2.45, 2.75) is 39.2 Å². The molecule has 2 N–H and O–H groups in total. The Bertz CT molecular complexity index is 449. The van der Waals surface area contributed by atoms with Crippen molar-refractivity contribution >= 4 is 17.3 Å². The summed E-state index contributed by atoms with van der Waals surface area (Å²) < 4.78 is 0. The molecule has 2 rings (SSSR count). The molecule has 1 aliphatic rings. The van der Waals surface area contributed by atoms with Gasteiger partial charge in [-0.2, -0.15) is 0 Å². The van der Waals surface area contributed by atoms with Gasteiger partial charge in [0, 0.05) is 0 Å². The molecular formula is C13H18O3S. The Morgan fingerprint density at radius 2 is 2.18 bits per heavy atom. The number of aliphatic hydroxyl groups is 1. The number of rotatable bonds is 2. The zero-order valence-electron chi connectivity index (χ0n) is 10.4. The zero-order valence-corrected chi connectivity index (χ0v) is 11.2. The zero-order chi connectivity index (χ0) is 12.8. The maximum atomic E-state index is 11.1. The minimum Gasteiger partial charge on any atom is -0.478 e. The van der Waals surface area contributed by atoms with Crippen LogP contribution >= 0.6 is 11.3 Å². The van der Waals surface area contributed by atoms with Crippen LogP contribution < -0.4 is 0 Å². The number of hydrogen-bond donors (Lipinski definition) is 2. The Morgan fingerprint density at radius 1 is 1.53 bits per heavy atom. The van der Waals surface area contributed by atoms with E-state index in [1.165, 1.54) is 11.3 Å². The third-order valence-corrected chi connectivity index (χ3v) is 4.79. The van der Waals surface area contributed by atoms with Gasteiger partial charge in [-0.3, -0.25) is 0 Å². The van der Waals surface area contributed by atoms with Crippen LogP contribution in [0.5, 0.6) is 0 Å². The fraction of sp³-hybridized carbons (Fsp3) is 0.615. The van der Waals surface area contributed by atoms with Gasteiger partial charge in [0.1, 0.15) is 5.60 Å². The first-order valence-corrected chi connectivity index (χ1v) is 6.68. The molecule has 1 heterocycles. The standard InChI is InChI=1S/C13H18O3S/c1-8-6-12(2,3)7-13(8,16)10-9(11(14)15)4-5-17-10/h4-5,8,16H,6-7H2,1-3H3,(H,14,15). The topological polar surface area (TPSA) is 57.5 Å². The summed E-state index contributed by atoms with van der Waals surface area (Å²) in [5.74, 6) is -0.860. The molecule has 0 aromatic carbocycles. The van der Waals surface area contributed by atoms with Crippen LogP contribution in [0.2, 0.25) is 0 Å². The summed E-state index contributed by atoms with van der Waals surface area (Å²) in [4.78, 5) is 11.8. The van der Waals surface area contributed by atoms with Crippen molar-refractivity contribution < 1.29 is 15.0 Å². The molecule has 3 nitrogen and oxygen atoms in total. The molecular weight excluding hydrogens is 236 g/mol. The highest BCUT2D eigenvalue weighted by molar-refractivity contribution is 7.10. The lowest BCUT2D eigenvalue weighted by Crippen LogP contribution is -2.29. The number of carboxylic acid groups (broad SMARTS) is 1. The molecule has 1 fully saturated rings. The van der Waals surface area contributed by atoms with E-state index in [0.29, 0.717) is 11.3 Å². The molecule has 0 saturated heterocycles. The van der Waals surface area contributed by atoms with E-state index in [2.05, 4.69) is 13.8 Å². The third kappa shape index (κ3) is 2.00. The van der Waals surface area contributed by atoms with E-state index in [4.69, 9.17) is 5.11 Å². The Morgan fingerprint density at radius 3 is 2.65 bits per heavy atom. The van der Waals surface area contributed by atoms with Crippen molar-refractivity contribution in [2.24, 2.45) is 11.3 Å². The summed E-state index contributed by atoms with van der Waals surface area (Å²) in [6.45, 7) is 6.24. The molecule has 0 radical (unpaired) electrons. The number of hydrogen-bond acceptors (Lipinski definition) is 3. The first kappa shape index (κ1) is 12.6. The fourth-order valence-electron chi connectivity index (χ4n) is 3.09. The minimum atomic E-state index is -0.981. The first-order chi connectivity index (χ1) is 7.76. The molecule has 94 valence electrons. The molecule has 0 aliphatic heterocycles. The molecule has 0 amide bonds. The average molecular weight is 254 g/mol. The van der Waals surface area contributed by atoms with E-state index in [9.17, 15) is 9.90 Å². The smallest absolute Gasteiger partial charge is 0.336 e. The van der Waals surface area contributed by atoms with Gasteiger partial charge in [0.25, 0.3) is 0 Å². The van der Waals surface area contributed by atoms with Crippen molar-refractivity contribution in [3.05, 3.63) is 21.9 Å². The van der Waals surface area contributed by atoms with Gasteiger partial charge in [0.2, 0.25) is 0 Å². The van der Waals surface area contributed by atoms with Crippen LogP contribution in [0.25, 0.3) is 0 Å². The number of carbonyl (C=O) groups is 1. The van der Waals surface area contributed by atoms with Crippen molar-refractivity contribution in [2.75, 3.05) is 0 Å². The predicted octanol–water partition coefficient (Wildman–Crippen LogP) is 3.09. The maximum absolute atomic E-state index is 11.1. The summed E-state index contributed by atoms with van der Waals surface area (Å²) >= 11 is 1.35. The van der Waals surface area contributed by atoms with Gasteiger partial charge in [0.15, 0.2) is 0 Å². The fourth-order valence-corrected chi connectivity index (χ4v) is 4.19. The van der Waals surface area contributed by atoms with E-state index in [0.717, 1.165) is 6.42 Å². The molecule has 17 heavy (non-hydrogen) atoms. The van der Waals surface area contributed by atoms with Gasteiger partial charge < -0.3 is 10.2 Å². The van der Waals surface area contributed by atoms with Gasteiger partial charge in [-0.1, -0.05) is 20.8 Å². The van der Waals surface area contributed by atoms with Gasteiger partial charge in [0.05, 0.1) is 10.4 Å². The molecule has 0 bridgehead atoms. The largest absolute Gasteiger partial charge is 0.478 e. The molecule has 1 saturated carbocycles. The normalized spacial score (nSPS) is 31.6. The molecule has 2 unspecified atom stereocenters. The molecule has 1 aliphatic carbocycles. The van der Waals surface area contributed by atoms with E-state index >= 15 is 0 Å². The average Bonchev–Trinajstić information content (AvgIpc) is 2.70. The monoisotopic (exact) mass is 254 g/mol. The Balaban J connectivity index is 2.45. The van der Waals surface area contributed by atoms with Crippen LogP contribution in [-0.2, 0) is 5.60 Å². The summed E-state index contributed by atoms with van der Waals surface area (Å²) in [6.07, 6.45) is 1.54. The van der Waals surface area contributed by atoms with Crippen LogP contribution in [0.3, 0.4) is 0 Å². The lowest BCUT2D eigenvalue weighted by molar-refractivity contribution is 0.00140. The van der Waals surface area contributed by atoms with Crippen molar-refractivity contribution in [3.8, 4) is 0 Å². The molecule has 1 aromatic heterocycles. The lowest BCUT2D eigenvalue weighted by atomic mass is 9.87. The summed E-state index contributed by atoms with van der Waals surface area (Å²) in [5.41, 5.74) is -0.665. The second-order valence-electron chi connectivity index (χ2n) is 5.84. The lowest BCUT2D eigenvalue weighted by Gasteiger charge is -2.28. The van der Waals surface area contributed by atoms with Crippen LogP contribution in [-0.4, -0.2) is 16.2 Å². The van der Waals surface area contributed by atoms with Crippen LogP contribution in [0.1, 0.15) is 48.8 Å². The number of aromatic carboxylic acids is 1. The number of carboxylic acids is 1. The van der Waals surface area contributed by atoms with Crippen molar-refractivity contribution in [1.29, 1.82) is 0 Å². The van der Waals surface area contributed by atoms with E-state index in [-0.39, 0.29) is 16.9 Å². The first-order valence-electron chi connectivity index (χ1n) is 5.80. The van der Waals surface area contributed by atoms with E-state index in [1.54, 1.807) is 11.4 Å². The molecule has 2 atom stereocenters. The van der Waals surface area contributed by atoms with Crippen LogP contribution in [0.15, 0.2) is 11.4 Å². The van der Waals surface area contributed by atoms with E-state index in [1.807, 2.05) is 6.92 Å². The summed E-state index contributed by atoms with van der Waals surface area (Å²) in [7, 11) is 0. The van der Waals surface area contributed by atoms with Gasteiger partial charge in [-0.25, -0.2) is 4.79 Å². The Kier molecular flexibility index (Phi) is 2.83. The van der Waals surface area contributed by atoms with Crippen LogP contribution in [0, 0.1) is 11.3 Å². The van der Waals surface area contributed by atoms with Gasteiger partial charge in [-0.15, -0.1) is 11.3 Å². The highest BCUT2D eigenvalue weighted by atomic mass is 32.1. The SMILES string of the molecule is CC1CC(C)(C)CC1(O)c1sccc1C(=O)O. The van der Waals surface area contributed by atoms with E-state index < -0.39 is 11.6 Å². The van der Waals surface area contributed by atoms with Crippen molar-refractivity contribution in [1.82, 2.24) is 0 Å². The Hall–Kier alpha value is -0.870. The second kappa shape index (κ2) is 3.82. The molecule has 0 spiro atoms. The summed E-state index contributed by atoms with van der Waals surface area (Å²) in [5, 5.41) is 21.7. The third-order valence-electron chi connectivity index (χ3n) is 3.71. The maximum Gasteiger partial charge on any atom is 0.336 e.